The maximum atomic E-state index is 14.7. The monoisotopic (exact) mass is 526 g/mol. The zero-order valence-corrected chi connectivity index (χ0v) is 20.8. The number of carbonyl (C=O) groups is 2. The Hall–Kier alpha value is -3.43. The Morgan fingerprint density at radius 3 is 2.65 bits per heavy atom. The molecule has 0 spiro atoms. The molecule has 2 aromatic heterocycles. The van der Waals surface area contributed by atoms with E-state index >= 15 is 0 Å². The summed E-state index contributed by atoms with van der Waals surface area (Å²) >= 11 is 5.99. The van der Waals surface area contributed by atoms with Crippen molar-refractivity contribution in [2.45, 2.75) is 44.2 Å². The summed E-state index contributed by atoms with van der Waals surface area (Å²) in [5, 5.41) is 14.9. The molecule has 3 heterocycles. The highest BCUT2D eigenvalue weighted by molar-refractivity contribution is 6.30. The van der Waals surface area contributed by atoms with Crippen molar-refractivity contribution < 1.29 is 23.5 Å². The molecule has 1 unspecified atom stereocenters. The smallest absolute Gasteiger partial charge is 0.269 e. The molecular formula is C27H25ClF2N4O3. The number of rotatable bonds is 5. The molecule has 1 saturated carbocycles. The summed E-state index contributed by atoms with van der Waals surface area (Å²) in [7, 11) is 0. The van der Waals surface area contributed by atoms with Crippen LogP contribution in [-0.2, 0) is 10.4 Å². The first-order valence-corrected chi connectivity index (χ1v) is 12.4. The SMILES string of the molecule is Cc1ncc(Cl)cc1C(=O)N[C@H]1CC[C@H](CN2C(=O)C(O)(c3cccc(F)c3F)c3cccnc32)CC1. The third-order valence-electron chi connectivity index (χ3n) is 7.25. The van der Waals surface area contributed by atoms with Crippen LogP contribution in [0.2, 0.25) is 5.02 Å². The van der Waals surface area contributed by atoms with E-state index in [-0.39, 0.29) is 35.8 Å². The lowest BCUT2D eigenvalue weighted by atomic mass is 9.85. The fourth-order valence-electron chi connectivity index (χ4n) is 5.26. The summed E-state index contributed by atoms with van der Waals surface area (Å²) in [6.07, 6.45) is 5.82. The third-order valence-corrected chi connectivity index (χ3v) is 7.46. The summed E-state index contributed by atoms with van der Waals surface area (Å²) in [5.74, 6) is -3.10. The predicted molar refractivity (Wildman–Crippen MR) is 133 cm³/mol. The molecule has 0 saturated heterocycles. The van der Waals surface area contributed by atoms with Crippen molar-refractivity contribution in [1.29, 1.82) is 0 Å². The van der Waals surface area contributed by atoms with Gasteiger partial charge in [-0.25, -0.2) is 13.8 Å². The molecular weight excluding hydrogens is 502 g/mol. The van der Waals surface area contributed by atoms with E-state index in [9.17, 15) is 23.5 Å². The van der Waals surface area contributed by atoms with E-state index in [2.05, 4.69) is 15.3 Å². The van der Waals surface area contributed by atoms with Crippen LogP contribution in [0.1, 0.15) is 52.9 Å². The molecule has 1 fully saturated rings. The number of aliphatic hydroxyl groups is 1. The first kappa shape index (κ1) is 25.2. The number of nitrogens with zero attached hydrogens (tertiary/aromatic N) is 3. The largest absolute Gasteiger partial charge is 0.372 e. The van der Waals surface area contributed by atoms with Crippen molar-refractivity contribution >= 4 is 29.2 Å². The molecule has 2 aliphatic rings. The Labute approximate surface area is 217 Å². The number of anilines is 1. The van der Waals surface area contributed by atoms with E-state index in [1.807, 2.05) is 0 Å². The molecule has 2 N–H and O–H groups in total. The second-order valence-corrected chi connectivity index (χ2v) is 10.0. The van der Waals surface area contributed by atoms with Crippen LogP contribution in [0.5, 0.6) is 0 Å². The molecule has 3 aromatic rings. The highest BCUT2D eigenvalue weighted by Crippen LogP contribution is 2.45. The zero-order chi connectivity index (χ0) is 26.3. The highest BCUT2D eigenvalue weighted by atomic mass is 35.5. The lowest BCUT2D eigenvalue weighted by molar-refractivity contribution is -0.132. The van der Waals surface area contributed by atoms with Gasteiger partial charge in [-0.2, -0.15) is 0 Å². The molecule has 1 atom stereocenters. The summed E-state index contributed by atoms with van der Waals surface area (Å²) in [6.45, 7) is 2.01. The summed E-state index contributed by atoms with van der Waals surface area (Å²) in [5.41, 5.74) is -1.66. The Kier molecular flexibility index (Phi) is 6.68. The van der Waals surface area contributed by atoms with Gasteiger partial charge in [-0.05, 0) is 62.8 Å². The van der Waals surface area contributed by atoms with Crippen LogP contribution in [-0.4, -0.2) is 39.5 Å². The molecule has 37 heavy (non-hydrogen) atoms. The molecule has 0 radical (unpaired) electrons. The van der Waals surface area contributed by atoms with Crippen LogP contribution in [0.3, 0.4) is 0 Å². The number of carbonyl (C=O) groups excluding carboxylic acids is 2. The first-order valence-electron chi connectivity index (χ1n) is 12.1. The van der Waals surface area contributed by atoms with Gasteiger partial charge in [0, 0.05) is 36.1 Å². The van der Waals surface area contributed by atoms with Gasteiger partial charge in [-0.3, -0.25) is 19.5 Å². The average Bonchev–Trinajstić information content (AvgIpc) is 3.10. The van der Waals surface area contributed by atoms with E-state index in [0.717, 1.165) is 18.9 Å². The van der Waals surface area contributed by atoms with Gasteiger partial charge in [0.2, 0.25) is 5.60 Å². The number of aryl methyl sites for hydroxylation is 1. The van der Waals surface area contributed by atoms with Crippen molar-refractivity contribution in [2.24, 2.45) is 5.92 Å². The van der Waals surface area contributed by atoms with E-state index < -0.39 is 28.7 Å². The van der Waals surface area contributed by atoms with Gasteiger partial charge < -0.3 is 10.4 Å². The minimum Gasteiger partial charge on any atom is -0.372 e. The zero-order valence-electron chi connectivity index (χ0n) is 20.0. The Morgan fingerprint density at radius 2 is 1.89 bits per heavy atom. The molecule has 10 heteroatoms. The van der Waals surface area contributed by atoms with Crippen molar-refractivity contribution in [3.63, 3.8) is 0 Å². The highest BCUT2D eigenvalue weighted by Gasteiger charge is 2.53. The molecule has 1 aliphatic heterocycles. The maximum Gasteiger partial charge on any atom is 0.269 e. The number of nitrogens with one attached hydrogen (secondary N) is 1. The number of halogens is 3. The van der Waals surface area contributed by atoms with Crippen LogP contribution < -0.4 is 10.2 Å². The third kappa shape index (κ3) is 4.46. The standard InChI is InChI=1S/C27H25ClF2N4O3/c1-15-19(12-17(28)13-32-15)25(35)33-18-9-7-16(8-10-18)14-34-24-21(5-3-11-31-24)27(37,26(34)36)20-4-2-6-22(29)23(20)30/h2-6,11-13,16,18,37H,7-10,14H2,1H3,(H,33,35)/t16-,18-,27?. The van der Waals surface area contributed by atoms with Crippen LogP contribution >= 0.6 is 11.6 Å². The fourth-order valence-corrected chi connectivity index (χ4v) is 5.42. The number of amides is 2. The minimum atomic E-state index is -2.37. The van der Waals surface area contributed by atoms with Crippen LogP contribution in [0.15, 0.2) is 48.8 Å². The Balaban J connectivity index is 1.29. The molecule has 0 bridgehead atoms. The molecule has 1 aromatic carbocycles. The number of fused-ring (bicyclic) bond motifs is 1. The van der Waals surface area contributed by atoms with Crippen molar-refractivity contribution in [1.82, 2.24) is 15.3 Å². The molecule has 1 aliphatic carbocycles. The Bertz CT molecular complexity index is 1380. The van der Waals surface area contributed by atoms with Gasteiger partial charge in [0.15, 0.2) is 11.6 Å². The maximum absolute atomic E-state index is 14.7. The number of aromatic nitrogens is 2. The number of hydrogen-bond acceptors (Lipinski definition) is 5. The van der Waals surface area contributed by atoms with Gasteiger partial charge in [0.1, 0.15) is 5.82 Å². The number of pyridine rings is 2. The van der Waals surface area contributed by atoms with Gasteiger partial charge in [-0.1, -0.05) is 23.7 Å². The molecule has 7 nitrogen and oxygen atoms in total. The second kappa shape index (κ2) is 9.79. The van der Waals surface area contributed by atoms with Crippen LogP contribution in [0.25, 0.3) is 0 Å². The van der Waals surface area contributed by atoms with Gasteiger partial charge >= 0.3 is 0 Å². The number of hydrogen-bond donors (Lipinski definition) is 2. The lowest BCUT2D eigenvalue weighted by Crippen LogP contribution is -2.45. The lowest BCUT2D eigenvalue weighted by Gasteiger charge is -2.32. The van der Waals surface area contributed by atoms with Crippen LogP contribution in [0, 0.1) is 24.5 Å². The molecule has 192 valence electrons. The summed E-state index contributed by atoms with van der Waals surface area (Å²) in [4.78, 5) is 36.0. The summed E-state index contributed by atoms with van der Waals surface area (Å²) < 4.78 is 28.7. The quantitative estimate of drug-likeness (QED) is 0.517. The van der Waals surface area contributed by atoms with Gasteiger partial charge in [0.05, 0.1) is 16.3 Å². The average molecular weight is 527 g/mol. The Morgan fingerprint density at radius 1 is 1.16 bits per heavy atom. The first-order chi connectivity index (χ1) is 17.7. The molecule has 2 amide bonds. The molecule has 5 rings (SSSR count). The topological polar surface area (TPSA) is 95.4 Å². The van der Waals surface area contributed by atoms with Gasteiger partial charge in [-0.15, -0.1) is 0 Å². The second-order valence-electron chi connectivity index (χ2n) is 9.58. The van der Waals surface area contributed by atoms with Crippen molar-refractivity contribution in [3.05, 3.63) is 87.8 Å². The minimum absolute atomic E-state index is 0.0415. The van der Waals surface area contributed by atoms with Crippen molar-refractivity contribution in [2.75, 3.05) is 11.4 Å². The van der Waals surface area contributed by atoms with E-state index in [1.54, 1.807) is 19.1 Å². The van der Waals surface area contributed by atoms with E-state index in [1.165, 1.54) is 35.5 Å². The summed E-state index contributed by atoms with van der Waals surface area (Å²) in [6, 6.07) is 8.00. The van der Waals surface area contributed by atoms with Crippen molar-refractivity contribution in [3.8, 4) is 0 Å². The fraction of sp³-hybridized carbons (Fsp3) is 0.333. The normalized spacial score (nSPS) is 23.2. The van der Waals surface area contributed by atoms with Crippen LogP contribution in [0.4, 0.5) is 14.6 Å². The number of benzene rings is 1. The predicted octanol–water partition coefficient (Wildman–Crippen LogP) is 4.29. The van der Waals surface area contributed by atoms with E-state index in [0.29, 0.717) is 29.1 Å². The van der Waals surface area contributed by atoms with E-state index in [4.69, 9.17) is 11.6 Å². The van der Waals surface area contributed by atoms with Gasteiger partial charge in [0.25, 0.3) is 11.8 Å².